The molecular weight excluding hydrogens is 256 g/mol. The lowest BCUT2D eigenvalue weighted by molar-refractivity contribution is 0.0635. The Labute approximate surface area is 120 Å². The second-order valence-electron chi connectivity index (χ2n) is 5.71. The molecule has 0 heterocycles. The Bertz CT molecular complexity index is 453. The van der Waals surface area contributed by atoms with Crippen LogP contribution in [-0.4, -0.2) is 23.3 Å². The molecule has 0 atom stereocenters. The zero-order chi connectivity index (χ0) is 15.2. The number of nitrogens with two attached hydrogens (primary N) is 1. The molecule has 5 nitrogen and oxygen atoms in total. The molecule has 0 fully saturated rings. The van der Waals surface area contributed by atoms with Gasteiger partial charge in [-0.2, -0.15) is 0 Å². The lowest BCUT2D eigenvalue weighted by Crippen LogP contribution is -2.27. The monoisotopic (exact) mass is 280 g/mol. The third-order valence-electron chi connectivity index (χ3n) is 2.62. The minimum absolute atomic E-state index is 0.183. The third-order valence-corrected chi connectivity index (χ3v) is 2.62. The summed E-state index contributed by atoms with van der Waals surface area (Å²) >= 11 is 0. The summed E-state index contributed by atoms with van der Waals surface area (Å²) in [6, 6.07) is 4.87. The van der Waals surface area contributed by atoms with Crippen LogP contribution in [0.25, 0.3) is 0 Å². The molecule has 1 rings (SSSR count). The van der Waals surface area contributed by atoms with E-state index in [1.807, 2.05) is 20.8 Å². The molecule has 0 bridgehead atoms. The summed E-state index contributed by atoms with van der Waals surface area (Å²) in [6.45, 7) is 6.07. The normalized spacial score (nSPS) is 11.2. The summed E-state index contributed by atoms with van der Waals surface area (Å²) in [7, 11) is 0. The second-order valence-corrected chi connectivity index (χ2v) is 5.71. The standard InChI is InChI=1S/C15H24N2O3/c1-15(2,3)20-14(19)17-13-8-7-12(18)10-11(13)6-4-5-9-16/h7-8,10,18H,4-6,9,16H2,1-3H3,(H,17,19). The van der Waals surface area contributed by atoms with Crippen LogP contribution < -0.4 is 11.1 Å². The van der Waals surface area contributed by atoms with Gasteiger partial charge in [0, 0.05) is 5.69 Å². The fraction of sp³-hybridized carbons (Fsp3) is 0.533. The summed E-state index contributed by atoms with van der Waals surface area (Å²) in [5, 5.41) is 12.3. The predicted molar refractivity (Wildman–Crippen MR) is 80.0 cm³/mol. The first-order valence-corrected chi connectivity index (χ1v) is 6.84. The lowest BCUT2D eigenvalue weighted by Gasteiger charge is -2.20. The van der Waals surface area contributed by atoms with Crippen LogP contribution >= 0.6 is 0 Å². The van der Waals surface area contributed by atoms with Crippen LogP contribution in [0.1, 0.15) is 39.2 Å². The van der Waals surface area contributed by atoms with E-state index in [0.717, 1.165) is 24.8 Å². The number of rotatable bonds is 5. The number of phenolic OH excluding ortho intramolecular Hbond substituents is 1. The van der Waals surface area contributed by atoms with E-state index in [2.05, 4.69) is 5.32 Å². The average molecular weight is 280 g/mol. The van der Waals surface area contributed by atoms with Gasteiger partial charge in [0.2, 0.25) is 0 Å². The predicted octanol–water partition coefficient (Wildman–Crippen LogP) is 3.02. The van der Waals surface area contributed by atoms with E-state index in [9.17, 15) is 9.90 Å². The lowest BCUT2D eigenvalue weighted by atomic mass is 10.1. The van der Waals surface area contributed by atoms with Gasteiger partial charge in [0.05, 0.1) is 0 Å². The first-order valence-electron chi connectivity index (χ1n) is 6.84. The summed E-state index contributed by atoms with van der Waals surface area (Å²) in [5.74, 6) is 0.183. The van der Waals surface area contributed by atoms with Gasteiger partial charge in [-0.15, -0.1) is 0 Å². The number of hydrogen-bond acceptors (Lipinski definition) is 4. The van der Waals surface area contributed by atoms with Crippen LogP contribution in [0.4, 0.5) is 10.5 Å². The molecule has 0 aliphatic carbocycles. The van der Waals surface area contributed by atoms with Gasteiger partial charge in [0.15, 0.2) is 0 Å². The highest BCUT2D eigenvalue weighted by molar-refractivity contribution is 5.86. The number of anilines is 1. The smallest absolute Gasteiger partial charge is 0.412 e. The van der Waals surface area contributed by atoms with Crippen molar-refractivity contribution in [2.45, 2.75) is 45.6 Å². The Hall–Kier alpha value is -1.75. The molecule has 0 saturated heterocycles. The minimum atomic E-state index is -0.541. The fourth-order valence-corrected chi connectivity index (χ4v) is 1.78. The largest absolute Gasteiger partial charge is 0.508 e. The van der Waals surface area contributed by atoms with Crippen molar-refractivity contribution < 1.29 is 14.6 Å². The number of ether oxygens (including phenoxy) is 1. The van der Waals surface area contributed by atoms with Crippen LogP contribution in [0.3, 0.4) is 0 Å². The second kappa shape index (κ2) is 7.14. The van der Waals surface area contributed by atoms with Gasteiger partial charge < -0.3 is 15.6 Å². The maximum atomic E-state index is 11.8. The van der Waals surface area contributed by atoms with Gasteiger partial charge in [-0.05, 0) is 70.3 Å². The van der Waals surface area contributed by atoms with Crippen LogP contribution in [0.15, 0.2) is 18.2 Å². The van der Waals surface area contributed by atoms with Gasteiger partial charge in [0.1, 0.15) is 11.4 Å². The summed E-state index contributed by atoms with van der Waals surface area (Å²) in [6.07, 6.45) is 2.06. The van der Waals surface area contributed by atoms with Gasteiger partial charge in [0.25, 0.3) is 0 Å². The van der Waals surface area contributed by atoms with Gasteiger partial charge >= 0.3 is 6.09 Å². The van der Waals surface area contributed by atoms with Crippen LogP contribution in [0.5, 0.6) is 5.75 Å². The number of carbonyl (C=O) groups excluding carboxylic acids is 1. The van der Waals surface area contributed by atoms with E-state index in [0.29, 0.717) is 12.2 Å². The van der Waals surface area contributed by atoms with Gasteiger partial charge in [-0.3, -0.25) is 5.32 Å². The molecule has 0 radical (unpaired) electrons. The average Bonchev–Trinajstić information content (AvgIpc) is 2.30. The number of aryl methyl sites for hydroxylation is 1. The molecule has 4 N–H and O–H groups in total. The zero-order valence-corrected chi connectivity index (χ0v) is 12.4. The molecule has 112 valence electrons. The number of carbonyl (C=O) groups is 1. The molecular formula is C15H24N2O3. The number of unbranched alkanes of at least 4 members (excludes halogenated alkanes) is 1. The third kappa shape index (κ3) is 5.93. The summed E-state index contributed by atoms with van der Waals surface area (Å²) in [4.78, 5) is 11.8. The van der Waals surface area contributed by atoms with E-state index < -0.39 is 11.7 Å². The Kier molecular flexibility index (Phi) is 5.82. The van der Waals surface area contributed by atoms with E-state index in [-0.39, 0.29) is 5.75 Å². The van der Waals surface area contributed by atoms with Crippen molar-refractivity contribution >= 4 is 11.8 Å². The highest BCUT2D eigenvalue weighted by Gasteiger charge is 2.17. The summed E-state index contributed by atoms with van der Waals surface area (Å²) < 4.78 is 5.22. The topological polar surface area (TPSA) is 84.6 Å². The van der Waals surface area contributed by atoms with Crippen molar-refractivity contribution in [3.63, 3.8) is 0 Å². The van der Waals surface area contributed by atoms with E-state index in [4.69, 9.17) is 10.5 Å². The molecule has 0 aliphatic rings. The van der Waals surface area contributed by atoms with E-state index in [1.54, 1.807) is 18.2 Å². The van der Waals surface area contributed by atoms with Crippen LogP contribution in [0.2, 0.25) is 0 Å². The van der Waals surface area contributed by atoms with Crippen molar-refractivity contribution in [2.24, 2.45) is 5.73 Å². The number of nitrogens with one attached hydrogen (secondary N) is 1. The number of phenols is 1. The molecule has 5 heteroatoms. The fourth-order valence-electron chi connectivity index (χ4n) is 1.78. The molecule has 0 spiro atoms. The quantitative estimate of drug-likeness (QED) is 0.571. The molecule has 1 aromatic carbocycles. The number of hydrogen-bond donors (Lipinski definition) is 3. The van der Waals surface area contributed by atoms with E-state index >= 15 is 0 Å². The minimum Gasteiger partial charge on any atom is -0.508 e. The van der Waals surface area contributed by atoms with Crippen molar-refractivity contribution in [1.82, 2.24) is 0 Å². The highest BCUT2D eigenvalue weighted by Crippen LogP contribution is 2.23. The molecule has 0 unspecified atom stereocenters. The Balaban J connectivity index is 2.75. The maximum absolute atomic E-state index is 11.8. The SMILES string of the molecule is CC(C)(C)OC(=O)Nc1ccc(O)cc1CCCCN. The summed E-state index contributed by atoms with van der Waals surface area (Å²) in [5.41, 5.74) is 6.47. The van der Waals surface area contributed by atoms with Gasteiger partial charge in [-0.25, -0.2) is 4.79 Å². The van der Waals surface area contributed by atoms with Crippen molar-refractivity contribution in [2.75, 3.05) is 11.9 Å². The molecule has 20 heavy (non-hydrogen) atoms. The molecule has 1 amide bonds. The Morgan fingerprint density at radius 2 is 2.05 bits per heavy atom. The van der Waals surface area contributed by atoms with Crippen LogP contribution in [0, 0.1) is 0 Å². The molecule has 0 aromatic heterocycles. The van der Waals surface area contributed by atoms with Crippen molar-refractivity contribution in [3.8, 4) is 5.75 Å². The first-order chi connectivity index (χ1) is 9.31. The maximum Gasteiger partial charge on any atom is 0.412 e. The number of benzene rings is 1. The Morgan fingerprint density at radius 3 is 2.65 bits per heavy atom. The van der Waals surface area contributed by atoms with Gasteiger partial charge in [-0.1, -0.05) is 0 Å². The molecule has 1 aromatic rings. The number of amides is 1. The molecule has 0 aliphatic heterocycles. The first kappa shape index (κ1) is 16.3. The molecule has 0 saturated carbocycles. The van der Waals surface area contributed by atoms with Crippen molar-refractivity contribution in [1.29, 1.82) is 0 Å². The van der Waals surface area contributed by atoms with Crippen molar-refractivity contribution in [3.05, 3.63) is 23.8 Å². The highest BCUT2D eigenvalue weighted by atomic mass is 16.6. The zero-order valence-electron chi connectivity index (χ0n) is 12.4. The Morgan fingerprint density at radius 1 is 1.35 bits per heavy atom. The number of aromatic hydroxyl groups is 1. The van der Waals surface area contributed by atoms with E-state index in [1.165, 1.54) is 0 Å². The van der Waals surface area contributed by atoms with Crippen LogP contribution in [-0.2, 0) is 11.2 Å².